The van der Waals surface area contributed by atoms with Gasteiger partial charge in [0.15, 0.2) is 0 Å². The predicted molar refractivity (Wildman–Crippen MR) is 82.4 cm³/mol. The Bertz CT molecular complexity index is 662. The number of aliphatic hydroxyl groups excluding tert-OH is 1. The van der Waals surface area contributed by atoms with E-state index in [1.54, 1.807) is 17.0 Å². The highest BCUT2D eigenvalue weighted by molar-refractivity contribution is 7.21. The molecule has 20 heavy (non-hydrogen) atoms. The minimum atomic E-state index is -0.294. The molecule has 1 amide bonds. The van der Waals surface area contributed by atoms with Gasteiger partial charge < -0.3 is 15.7 Å². The Hall–Kier alpha value is -1.30. The van der Waals surface area contributed by atoms with Crippen molar-refractivity contribution in [3.8, 4) is 0 Å². The molecule has 1 aromatic carbocycles. The van der Waals surface area contributed by atoms with E-state index in [1.165, 1.54) is 11.3 Å². The first-order valence-corrected chi connectivity index (χ1v) is 7.70. The number of aliphatic hydroxyl groups is 1. The minimum Gasteiger partial charge on any atom is -0.397 e. The number of nitrogens with zero attached hydrogens (tertiary/aromatic N) is 1. The highest BCUT2D eigenvalue weighted by Gasteiger charge is 2.25. The Morgan fingerprint density at radius 1 is 1.40 bits per heavy atom. The number of hydrogen-bond acceptors (Lipinski definition) is 4. The van der Waals surface area contributed by atoms with Gasteiger partial charge in [0.05, 0.1) is 11.8 Å². The van der Waals surface area contributed by atoms with Crippen molar-refractivity contribution in [2.45, 2.75) is 18.9 Å². The molecule has 2 heterocycles. The number of anilines is 1. The molecule has 3 N–H and O–H groups in total. The van der Waals surface area contributed by atoms with Crippen molar-refractivity contribution in [1.82, 2.24) is 4.90 Å². The molecule has 1 fully saturated rings. The lowest BCUT2D eigenvalue weighted by Crippen LogP contribution is -2.39. The fraction of sp³-hybridized carbons (Fsp3) is 0.357. The Labute approximate surface area is 125 Å². The molecule has 0 unspecified atom stereocenters. The summed E-state index contributed by atoms with van der Waals surface area (Å²) in [5.41, 5.74) is 6.60. The number of hydrogen-bond donors (Lipinski definition) is 2. The van der Waals surface area contributed by atoms with Crippen LogP contribution in [0.5, 0.6) is 0 Å². The normalized spacial score (nSPS) is 16.8. The molecule has 0 aliphatic carbocycles. The van der Waals surface area contributed by atoms with Gasteiger partial charge in [-0.1, -0.05) is 11.6 Å². The van der Waals surface area contributed by atoms with E-state index in [2.05, 4.69) is 0 Å². The number of rotatable bonds is 1. The quantitative estimate of drug-likeness (QED) is 0.851. The molecule has 0 spiro atoms. The molecule has 2 aromatic rings. The van der Waals surface area contributed by atoms with Crippen LogP contribution < -0.4 is 5.73 Å². The van der Waals surface area contributed by atoms with Crippen molar-refractivity contribution in [1.29, 1.82) is 0 Å². The number of benzene rings is 1. The van der Waals surface area contributed by atoms with Gasteiger partial charge in [-0.25, -0.2) is 0 Å². The van der Waals surface area contributed by atoms with Gasteiger partial charge in [0.1, 0.15) is 4.88 Å². The molecular weight excluding hydrogens is 296 g/mol. The van der Waals surface area contributed by atoms with Crippen molar-refractivity contribution < 1.29 is 9.90 Å². The molecule has 1 aliphatic heterocycles. The first-order valence-electron chi connectivity index (χ1n) is 6.51. The Kier molecular flexibility index (Phi) is 3.58. The molecule has 0 saturated carbocycles. The topological polar surface area (TPSA) is 66.6 Å². The lowest BCUT2D eigenvalue weighted by molar-refractivity contribution is 0.0551. The van der Waals surface area contributed by atoms with Gasteiger partial charge in [0.2, 0.25) is 0 Å². The van der Waals surface area contributed by atoms with Crippen molar-refractivity contribution in [3.05, 3.63) is 28.1 Å². The van der Waals surface area contributed by atoms with E-state index in [4.69, 9.17) is 17.3 Å². The van der Waals surface area contributed by atoms with E-state index in [1.807, 2.05) is 6.07 Å². The van der Waals surface area contributed by atoms with Crippen LogP contribution in [0, 0.1) is 0 Å². The summed E-state index contributed by atoms with van der Waals surface area (Å²) in [5.74, 6) is -0.0493. The first-order chi connectivity index (χ1) is 9.56. The van der Waals surface area contributed by atoms with E-state index in [-0.39, 0.29) is 12.0 Å². The summed E-state index contributed by atoms with van der Waals surface area (Å²) in [4.78, 5) is 14.9. The van der Waals surface area contributed by atoms with Crippen LogP contribution in [-0.2, 0) is 0 Å². The van der Waals surface area contributed by atoms with E-state index in [0.717, 1.165) is 10.1 Å². The lowest BCUT2D eigenvalue weighted by atomic mass is 10.1. The number of carbonyl (C=O) groups excluding carboxylic acids is 1. The Morgan fingerprint density at radius 3 is 2.80 bits per heavy atom. The number of carbonyl (C=O) groups is 1. The summed E-state index contributed by atoms with van der Waals surface area (Å²) in [6.45, 7) is 1.16. The van der Waals surface area contributed by atoms with Crippen molar-refractivity contribution in [2.24, 2.45) is 0 Å². The number of amides is 1. The molecule has 0 radical (unpaired) electrons. The van der Waals surface area contributed by atoms with E-state index in [0.29, 0.717) is 41.5 Å². The van der Waals surface area contributed by atoms with Crippen molar-refractivity contribution in [2.75, 3.05) is 18.8 Å². The minimum absolute atomic E-state index is 0.0493. The summed E-state index contributed by atoms with van der Waals surface area (Å²) in [6.07, 6.45) is 0.961. The fourth-order valence-corrected chi connectivity index (χ4v) is 3.70. The first kappa shape index (κ1) is 13.7. The van der Waals surface area contributed by atoms with Crippen LogP contribution in [0.2, 0.25) is 5.02 Å². The van der Waals surface area contributed by atoms with Crippen LogP contribution in [0.15, 0.2) is 18.2 Å². The van der Waals surface area contributed by atoms with Gasteiger partial charge >= 0.3 is 0 Å². The second-order valence-corrected chi connectivity index (χ2v) is 6.50. The molecule has 1 aliphatic rings. The molecule has 1 aromatic heterocycles. The third kappa shape index (κ3) is 2.37. The van der Waals surface area contributed by atoms with Crippen LogP contribution in [0.1, 0.15) is 22.5 Å². The number of nitrogen functional groups attached to an aromatic ring is 1. The number of thiophene rings is 1. The second-order valence-electron chi connectivity index (χ2n) is 5.01. The number of fused-ring (bicyclic) bond motifs is 1. The number of likely N-dealkylation sites (tertiary alicyclic amines) is 1. The smallest absolute Gasteiger partial charge is 0.266 e. The maximum atomic E-state index is 12.5. The van der Waals surface area contributed by atoms with Crippen LogP contribution in [0.3, 0.4) is 0 Å². The van der Waals surface area contributed by atoms with E-state index >= 15 is 0 Å². The third-order valence-corrected chi connectivity index (χ3v) is 5.04. The maximum absolute atomic E-state index is 12.5. The summed E-state index contributed by atoms with van der Waals surface area (Å²) in [7, 11) is 0. The van der Waals surface area contributed by atoms with Gasteiger partial charge in [-0.3, -0.25) is 4.79 Å². The summed E-state index contributed by atoms with van der Waals surface area (Å²) >= 11 is 7.37. The van der Waals surface area contributed by atoms with Crippen LogP contribution in [-0.4, -0.2) is 35.1 Å². The molecule has 6 heteroatoms. The SMILES string of the molecule is Nc1c(C(=O)N2CCC(O)CC2)sc2ccc(Cl)cc12. The van der Waals surface area contributed by atoms with E-state index in [9.17, 15) is 9.90 Å². The molecule has 4 nitrogen and oxygen atoms in total. The van der Waals surface area contributed by atoms with Crippen LogP contribution in [0.25, 0.3) is 10.1 Å². The maximum Gasteiger partial charge on any atom is 0.266 e. The van der Waals surface area contributed by atoms with E-state index < -0.39 is 0 Å². The zero-order chi connectivity index (χ0) is 14.3. The van der Waals surface area contributed by atoms with Gasteiger partial charge in [0, 0.05) is 28.2 Å². The second kappa shape index (κ2) is 5.24. The standard InChI is InChI=1S/C14H15ClN2O2S/c15-8-1-2-11-10(7-8)12(16)13(20-11)14(19)17-5-3-9(18)4-6-17/h1-2,7,9,18H,3-6,16H2. The molecular formula is C14H15ClN2O2S. The van der Waals surface area contributed by atoms with Crippen LogP contribution in [0.4, 0.5) is 5.69 Å². The highest BCUT2D eigenvalue weighted by Crippen LogP contribution is 2.36. The Morgan fingerprint density at radius 2 is 2.10 bits per heavy atom. The van der Waals surface area contributed by atoms with Crippen molar-refractivity contribution in [3.63, 3.8) is 0 Å². The summed E-state index contributed by atoms with van der Waals surface area (Å²) in [6, 6.07) is 5.47. The third-order valence-electron chi connectivity index (χ3n) is 3.63. The summed E-state index contributed by atoms with van der Waals surface area (Å²) < 4.78 is 0.965. The average Bonchev–Trinajstić information content (AvgIpc) is 2.76. The largest absolute Gasteiger partial charge is 0.397 e. The van der Waals surface area contributed by atoms with Gasteiger partial charge in [-0.05, 0) is 31.0 Å². The van der Waals surface area contributed by atoms with Gasteiger partial charge in [-0.2, -0.15) is 0 Å². The predicted octanol–water partition coefficient (Wildman–Crippen LogP) is 2.73. The molecule has 3 rings (SSSR count). The zero-order valence-electron chi connectivity index (χ0n) is 10.8. The average molecular weight is 311 g/mol. The van der Waals surface area contributed by atoms with Crippen molar-refractivity contribution >= 4 is 44.6 Å². The fourth-order valence-electron chi connectivity index (χ4n) is 2.46. The summed E-state index contributed by atoms with van der Waals surface area (Å²) in [5, 5.41) is 11.0. The number of halogens is 1. The number of nitrogens with two attached hydrogens (primary N) is 1. The highest BCUT2D eigenvalue weighted by atomic mass is 35.5. The molecule has 106 valence electrons. The Balaban J connectivity index is 1.93. The van der Waals surface area contributed by atoms with Gasteiger partial charge in [0.25, 0.3) is 5.91 Å². The monoisotopic (exact) mass is 310 g/mol. The molecule has 0 bridgehead atoms. The number of piperidine rings is 1. The van der Waals surface area contributed by atoms with Crippen LogP contribution >= 0.6 is 22.9 Å². The molecule has 1 saturated heterocycles. The zero-order valence-corrected chi connectivity index (χ0v) is 12.4. The molecule has 0 atom stereocenters. The van der Waals surface area contributed by atoms with Gasteiger partial charge in [-0.15, -0.1) is 11.3 Å². The lowest BCUT2D eigenvalue weighted by Gasteiger charge is -2.29.